The summed E-state index contributed by atoms with van der Waals surface area (Å²) in [5.41, 5.74) is 2.31. The molecular weight excluding hydrogens is 298 g/mol. The summed E-state index contributed by atoms with van der Waals surface area (Å²) < 4.78 is 9.93. The highest BCUT2D eigenvalue weighted by Gasteiger charge is 2.22. The number of imidazole rings is 1. The molecule has 3 aromatic heterocycles. The summed E-state index contributed by atoms with van der Waals surface area (Å²) in [4.78, 5) is 8.14. The van der Waals surface area contributed by atoms with E-state index in [9.17, 15) is 0 Å². The van der Waals surface area contributed by atoms with Gasteiger partial charge in [0.1, 0.15) is 0 Å². The lowest BCUT2D eigenvalue weighted by atomic mass is 10.2. The summed E-state index contributed by atoms with van der Waals surface area (Å²) in [6.07, 6.45) is 8.31. The zero-order valence-corrected chi connectivity index (χ0v) is 13.4. The largest absolute Gasteiger partial charge is 0.374 e. The number of morpholine rings is 1. The van der Waals surface area contributed by atoms with Gasteiger partial charge in [0.25, 0.3) is 0 Å². The Kier molecular flexibility index (Phi) is 3.69. The third kappa shape index (κ3) is 2.92. The van der Waals surface area contributed by atoms with E-state index in [2.05, 4.69) is 50.3 Å². The molecule has 0 unspecified atom stereocenters. The first-order chi connectivity index (χ1) is 10.8. The molecule has 116 valence electrons. The summed E-state index contributed by atoms with van der Waals surface area (Å²) in [6, 6.07) is 0. The third-order valence-electron chi connectivity index (χ3n) is 3.90. The smallest absolute Gasteiger partial charge is 0.193 e. The predicted molar refractivity (Wildman–Crippen MR) is 85.1 cm³/mol. The molecule has 0 aromatic carbocycles. The number of aromatic nitrogens is 4. The Bertz CT molecular complexity index is 732. The van der Waals surface area contributed by atoms with E-state index in [-0.39, 0.29) is 6.10 Å². The van der Waals surface area contributed by atoms with Crippen LogP contribution in [0.5, 0.6) is 0 Å². The molecule has 1 saturated heterocycles. The fourth-order valence-electron chi connectivity index (χ4n) is 2.89. The van der Waals surface area contributed by atoms with Crippen molar-refractivity contribution >= 4 is 16.3 Å². The first-order valence-corrected chi connectivity index (χ1v) is 8.38. The van der Waals surface area contributed by atoms with Crippen molar-refractivity contribution in [3.05, 3.63) is 41.4 Å². The summed E-state index contributed by atoms with van der Waals surface area (Å²) in [5, 5.41) is 6.40. The average Bonchev–Trinajstić information content (AvgIpc) is 3.16. The predicted octanol–water partition coefficient (Wildman–Crippen LogP) is 1.80. The maximum atomic E-state index is 5.88. The van der Waals surface area contributed by atoms with Crippen molar-refractivity contribution in [1.29, 1.82) is 0 Å². The number of aryl methyl sites for hydroxylation is 1. The van der Waals surface area contributed by atoms with Crippen LogP contribution in [0.1, 0.15) is 11.3 Å². The van der Waals surface area contributed by atoms with Crippen LogP contribution in [0, 0.1) is 6.92 Å². The van der Waals surface area contributed by atoms with Gasteiger partial charge in [-0.1, -0.05) is 0 Å². The number of thiazole rings is 1. The molecule has 0 radical (unpaired) electrons. The minimum atomic E-state index is 0.191. The van der Waals surface area contributed by atoms with E-state index in [1.165, 1.54) is 5.56 Å². The molecule has 7 heteroatoms. The Morgan fingerprint density at radius 3 is 3.18 bits per heavy atom. The highest BCUT2D eigenvalue weighted by Crippen LogP contribution is 2.15. The van der Waals surface area contributed by atoms with Gasteiger partial charge in [-0.25, -0.2) is 4.98 Å². The monoisotopic (exact) mass is 317 g/mol. The molecule has 0 saturated carbocycles. The second kappa shape index (κ2) is 5.83. The highest BCUT2D eigenvalue weighted by atomic mass is 32.1. The standard InChI is InChI=1S/C15H19N5OS/c1-12-6-16-20(7-12)11-14-10-18(2-4-21-14)8-13-9-19-3-5-22-15(19)17-13/h3,5-7,9,14H,2,4,8,10-11H2,1H3/t14-/m0/s1. The summed E-state index contributed by atoms with van der Waals surface area (Å²) >= 11 is 1.67. The second-order valence-electron chi connectivity index (χ2n) is 5.79. The molecule has 6 nitrogen and oxygen atoms in total. The molecule has 0 amide bonds. The molecule has 1 fully saturated rings. The topological polar surface area (TPSA) is 47.6 Å². The van der Waals surface area contributed by atoms with Crippen LogP contribution in [0.15, 0.2) is 30.2 Å². The molecule has 4 rings (SSSR count). The van der Waals surface area contributed by atoms with Gasteiger partial charge >= 0.3 is 0 Å². The average molecular weight is 317 g/mol. The number of nitrogens with zero attached hydrogens (tertiary/aromatic N) is 5. The van der Waals surface area contributed by atoms with Crippen LogP contribution in [0.2, 0.25) is 0 Å². The lowest BCUT2D eigenvalue weighted by Crippen LogP contribution is -2.43. The van der Waals surface area contributed by atoms with Crippen LogP contribution >= 0.6 is 11.3 Å². The van der Waals surface area contributed by atoms with Gasteiger partial charge in [0.2, 0.25) is 0 Å². The zero-order chi connectivity index (χ0) is 14.9. The second-order valence-corrected chi connectivity index (χ2v) is 6.67. The minimum Gasteiger partial charge on any atom is -0.374 e. The maximum Gasteiger partial charge on any atom is 0.193 e. The summed E-state index contributed by atoms with van der Waals surface area (Å²) in [5.74, 6) is 0. The van der Waals surface area contributed by atoms with Crippen molar-refractivity contribution in [3.63, 3.8) is 0 Å². The lowest BCUT2D eigenvalue weighted by molar-refractivity contribution is -0.0405. The maximum absolute atomic E-state index is 5.88. The van der Waals surface area contributed by atoms with E-state index in [1.807, 2.05) is 10.9 Å². The van der Waals surface area contributed by atoms with Gasteiger partial charge in [-0.3, -0.25) is 14.0 Å². The molecule has 4 heterocycles. The molecule has 1 aliphatic heterocycles. The van der Waals surface area contributed by atoms with Gasteiger partial charge in [0, 0.05) is 43.6 Å². The van der Waals surface area contributed by atoms with Gasteiger partial charge in [-0.2, -0.15) is 5.10 Å². The normalized spacial score (nSPS) is 20.0. The molecule has 0 spiro atoms. The molecule has 22 heavy (non-hydrogen) atoms. The SMILES string of the molecule is Cc1cnn(C[C@@H]2CN(Cc3cn4ccsc4n3)CCO2)c1. The quantitative estimate of drug-likeness (QED) is 0.736. The van der Waals surface area contributed by atoms with E-state index in [0.29, 0.717) is 0 Å². The molecule has 0 N–H and O–H groups in total. The van der Waals surface area contributed by atoms with Crippen LogP contribution in [-0.2, 0) is 17.8 Å². The van der Waals surface area contributed by atoms with Crippen molar-refractivity contribution < 1.29 is 4.74 Å². The number of hydrogen-bond donors (Lipinski definition) is 0. The third-order valence-corrected chi connectivity index (χ3v) is 4.68. The number of rotatable bonds is 4. The van der Waals surface area contributed by atoms with E-state index in [4.69, 9.17) is 4.74 Å². The Labute approximate surface area is 132 Å². The first kappa shape index (κ1) is 13.9. The van der Waals surface area contributed by atoms with Gasteiger partial charge in [0.05, 0.1) is 31.1 Å². The Hall–Kier alpha value is -1.70. The minimum absolute atomic E-state index is 0.191. The summed E-state index contributed by atoms with van der Waals surface area (Å²) in [6.45, 7) is 6.40. The number of hydrogen-bond acceptors (Lipinski definition) is 5. The molecule has 0 aliphatic carbocycles. The van der Waals surface area contributed by atoms with E-state index in [0.717, 1.165) is 43.4 Å². The van der Waals surface area contributed by atoms with E-state index in [1.54, 1.807) is 11.3 Å². The molecule has 1 aliphatic rings. The summed E-state index contributed by atoms with van der Waals surface area (Å²) in [7, 11) is 0. The molecule has 0 bridgehead atoms. The Balaban J connectivity index is 1.39. The van der Waals surface area contributed by atoms with Gasteiger partial charge in [-0.05, 0) is 12.5 Å². The van der Waals surface area contributed by atoms with Crippen molar-refractivity contribution in [2.24, 2.45) is 0 Å². The van der Waals surface area contributed by atoms with E-state index >= 15 is 0 Å². The highest BCUT2D eigenvalue weighted by molar-refractivity contribution is 7.15. The van der Waals surface area contributed by atoms with Crippen LogP contribution < -0.4 is 0 Å². The van der Waals surface area contributed by atoms with Crippen LogP contribution in [0.4, 0.5) is 0 Å². The van der Waals surface area contributed by atoms with Gasteiger partial charge in [-0.15, -0.1) is 11.3 Å². The molecular formula is C15H19N5OS. The number of ether oxygens (including phenoxy) is 1. The van der Waals surface area contributed by atoms with Gasteiger partial charge in [0.15, 0.2) is 4.96 Å². The Morgan fingerprint density at radius 2 is 2.36 bits per heavy atom. The zero-order valence-electron chi connectivity index (χ0n) is 12.6. The van der Waals surface area contributed by atoms with Crippen LogP contribution in [0.3, 0.4) is 0 Å². The fraction of sp³-hybridized carbons (Fsp3) is 0.467. The first-order valence-electron chi connectivity index (χ1n) is 7.50. The molecule has 3 aromatic rings. The van der Waals surface area contributed by atoms with Crippen LogP contribution in [-0.4, -0.2) is 49.9 Å². The van der Waals surface area contributed by atoms with Crippen molar-refractivity contribution in [2.75, 3.05) is 19.7 Å². The van der Waals surface area contributed by atoms with Crippen molar-refractivity contribution in [3.8, 4) is 0 Å². The lowest BCUT2D eigenvalue weighted by Gasteiger charge is -2.32. The molecule has 1 atom stereocenters. The van der Waals surface area contributed by atoms with Crippen LogP contribution in [0.25, 0.3) is 4.96 Å². The fourth-order valence-corrected chi connectivity index (χ4v) is 3.61. The van der Waals surface area contributed by atoms with E-state index < -0.39 is 0 Å². The number of fused-ring (bicyclic) bond motifs is 1. The van der Waals surface area contributed by atoms with Crippen molar-refractivity contribution in [1.82, 2.24) is 24.1 Å². The van der Waals surface area contributed by atoms with Crippen molar-refractivity contribution in [2.45, 2.75) is 26.1 Å². The Morgan fingerprint density at radius 1 is 1.41 bits per heavy atom. The van der Waals surface area contributed by atoms with Gasteiger partial charge < -0.3 is 4.74 Å².